The Morgan fingerprint density at radius 3 is 2.35 bits per heavy atom. The fourth-order valence-corrected chi connectivity index (χ4v) is 2.59. The Morgan fingerprint density at radius 2 is 1.88 bits per heavy atom. The van der Waals surface area contributed by atoms with E-state index in [1.807, 2.05) is 0 Å². The van der Waals surface area contributed by atoms with Gasteiger partial charge in [0.1, 0.15) is 12.1 Å². The minimum atomic E-state index is 0.211. The maximum absolute atomic E-state index is 10.8. The maximum Gasteiger partial charge on any atom is 0.130 e. The largest absolute Gasteiger partial charge is 0.303 e. The van der Waals surface area contributed by atoms with E-state index in [1.54, 1.807) is 6.92 Å². The van der Waals surface area contributed by atoms with E-state index < -0.39 is 0 Å². The molecule has 96 valence electrons. The standard InChI is InChI=1S/C15H24O2/c1-11(8-9-12(2)17)6-5-7-13-14(10-16)15(13,3)4/h6,10,13-14H,5,7-9H2,1-4H3/b11-6+/t13-,14-/m1/s1. The predicted molar refractivity (Wildman–Crippen MR) is 69.7 cm³/mol. The average Bonchev–Trinajstić information content (AvgIpc) is 2.77. The van der Waals surface area contributed by atoms with Crippen molar-refractivity contribution in [3.63, 3.8) is 0 Å². The van der Waals surface area contributed by atoms with Crippen LogP contribution in [-0.4, -0.2) is 12.1 Å². The Labute approximate surface area is 104 Å². The number of aldehydes is 1. The molecule has 17 heavy (non-hydrogen) atoms. The van der Waals surface area contributed by atoms with Crippen molar-refractivity contribution in [2.75, 3.05) is 0 Å². The third-order valence-electron chi connectivity index (χ3n) is 4.13. The first-order valence-electron chi connectivity index (χ1n) is 6.50. The lowest BCUT2D eigenvalue weighted by atomic mass is 10.0. The fourth-order valence-electron chi connectivity index (χ4n) is 2.59. The summed E-state index contributed by atoms with van der Waals surface area (Å²) in [5.41, 5.74) is 1.50. The molecule has 1 fully saturated rings. The van der Waals surface area contributed by atoms with E-state index in [-0.39, 0.29) is 17.1 Å². The van der Waals surface area contributed by atoms with Crippen LogP contribution in [0.5, 0.6) is 0 Å². The van der Waals surface area contributed by atoms with Crippen LogP contribution in [0.15, 0.2) is 11.6 Å². The van der Waals surface area contributed by atoms with Gasteiger partial charge in [0.2, 0.25) is 0 Å². The van der Waals surface area contributed by atoms with Gasteiger partial charge in [-0.3, -0.25) is 0 Å². The van der Waals surface area contributed by atoms with Crippen molar-refractivity contribution in [3.05, 3.63) is 11.6 Å². The highest BCUT2D eigenvalue weighted by molar-refractivity contribution is 5.75. The maximum atomic E-state index is 10.8. The van der Waals surface area contributed by atoms with E-state index in [0.29, 0.717) is 12.3 Å². The van der Waals surface area contributed by atoms with Crippen LogP contribution in [0.2, 0.25) is 0 Å². The van der Waals surface area contributed by atoms with Gasteiger partial charge in [-0.2, -0.15) is 0 Å². The lowest BCUT2D eigenvalue weighted by Crippen LogP contribution is -1.91. The first-order chi connectivity index (χ1) is 7.89. The molecular formula is C15H24O2. The smallest absolute Gasteiger partial charge is 0.130 e. The molecular weight excluding hydrogens is 212 g/mol. The summed E-state index contributed by atoms with van der Waals surface area (Å²) in [6.45, 7) is 8.05. The molecule has 0 N–H and O–H groups in total. The van der Waals surface area contributed by atoms with Gasteiger partial charge in [-0.25, -0.2) is 0 Å². The normalized spacial score (nSPS) is 26.7. The minimum absolute atomic E-state index is 0.211. The second-order valence-corrected chi connectivity index (χ2v) is 5.92. The van der Waals surface area contributed by atoms with Gasteiger partial charge < -0.3 is 9.59 Å². The molecule has 0 aliphatic heterocycles. The van der Waals surface area contributed by atoms with Crippen molar-refractivity contribution >= 4 is 12.1 Å². The van der Waals surface area contributed by atoms with Gasteiger partial charge in [0, 0.05) is 12.3 Å². The van der Waals surface area contributed by atoms with E-state index in [2.05, 4.69) is 26.8 Å². The molecule has 1 saturated carbocycles. The third kappa shape index (κ3) is 3.79. The molecule has 2 atom stereocenters. The molecule has 0 aromatic heterocycles. The van der Waals surface area contributed by atoms with Crippen molar-refractivity contribution in [3.8, 4) is 0 Å². The topological polar surface area (TPSA) is 34.1 Å². The van der Waals surface area contributed by atoms with Crippen LogP contribution >= 0.6 is 0 Å². The zero-order valence-electron chi connectivity index (χ0n) is 11.5. The van der Waals surface area contributed by atoms with Crippen molar-refractivity contribution < 1.29 is 9.59 Å². The highest BCUT2D eigenvalue weighted by atomic mass is 16.1. The second-order valence-electron chi connectivity index (χ2n) is 5.92. The van der Waals surface area contributed by atoms with Crippen LogP contribution in [0.25, 0.3) is 0 Å². The van der Waals surface area contributed by atoms with E-state index >= 15 is 0 Å². The van der Waals surface area contributed by atoms with Crippen LogP contribution in [-0.2, 0) is 9.59 Å². The van der Waals surface area contributed by atoms with Crippen LogP contribution in [0.1, 0.15) is 53.4 Å². The molecule has 2 heteroatoms. The first-order valence-corrected chi connectivity index (χ1v) is 6.50. The summed E-state index contributed by atoms with van der Waals surface area (Å²) >= 11 is 0. The number of carbonyl (C=O) groups is 2. The summed E-state index contributed by atoms with van der Waals surface area (Å²) in [5.74, 6) is 1.06. The molecule has 1 aliphatic carbocycles. The Morgan fingerprint density at radius 1 is 1.24 bits per heavy atom. The lowest BCUT2D eigenvalue weighted by molar-refractivity contribution is -0.117. The summed E-state index contributed by atoms with van der Waals surface area (Å²) in [7, 11) is 0. The van der Waals surface area contributed by atoms with Crippen LogP contribution < -0.4 is 0 Å². The predicted octanol–water partition coefficient (Wildman–Crippen LogP) is 3.55. The molecule has 2 nitrogen and oxygen atoms in total. The number of hydrogen-bond acceptors (Lipinski definition) is 2. The number of ketones is 1. The molecule has 0 aromatic carbocycles. The fraction of sp³-hybridized carbons (Fsp3) is 0.733. The summed E-state index contributed by atoms with van der Waals surface area (Å²) < 4.78 is 0. The minimum Gasteiger partial charge on any atom is -0.303 e. The third-order valence-corrected chi connectivity index (χ3v) is 4.13. The van der Waals surface area contributed by atoms with Gasteiger partial charge in [-0.05, 0) is 44.4 Å². The van der Waals surface area contributed by atoms with Crippen molar-refractivity contribution in [1.82, 2.24) is 0 Å². The lowest BCUT2D eigenvalue weighted by Gasteiger charge is -2.01. The highest BCUT2D eigenvalue weighted by Gasteiger charge is 2.56. The molecule has 0 heterocycles. The summed E-state index contributed by atoms with van der Waals surface area (Å²) in [5, 5.41) is 0. The van der Waals surface area contributed by atoms with Gasteiger partial charge in [0.05, 0.1) is 0 Å². The Balaban J connectivity index is 2.26. The molecule has 0 bridgehead atoms. The molecule has 0 spiro atoms. The zero-order valence-corrected chi connectivity index (χ0v) is 11.5. The monoisotopic (exact) mass is 236 g/mol. The first kappa shape index (κ1) is 14.1. The van der Waals surface area contributed by atoms with Crippen molar-refractivity contribution in [2.24, 2.45) is 17.3 Å². The highest BCUT2D eigenvalue weighted by Crippen LogP contribution is 2.59. The van der Waals surface area contributed by atoms with Gasteiger partial charge in [-0.15, -0.1) is 0 Å². The van der Waals surface area contributed by atoms with Crippen molar-refractivity contribution in [2.45, 2.75) is 53.4 Å². The number of allylic oxidation sites excluding steroid dienone is 2. The van der Waals surface area contributed by atoms with Crippen LogP contribution in [0.3, 0.4) is 0 Å². The molecule has 0 amide bonds. The quantitative estimate of drug-likeness (QED) is 0.500. The van der Waals surface area contributed by atoms with E-state index in [4.69, 9.17) is 0 Å². The van der Waals surface area contributed by atoms with Gasteiger partial charge in [0.25, 0.3) is 0 Å². The van der Waals surface area contributed by atoms with E-state index in [9.17, 15) is 9.59 Å². The Kier molecular flexibility index (Phi) is 4.67. The second kappa shape index (κ2) is 5.61. The Hall–Kier alpha value is -0.920. The molecule has 0 radical (unpaired) electrons. The Bertz CT molecular complexity index is 326. The molecule has 1 aliphatic rings. The molecule has 0 unspecified atom stereocenters. The van der Waals surface area contributed by atoms with E-state index in [1.165, 1.54) is 5.57 Å². The van der Waals surface area contributed by atoms with Gasteiger partial charge in [-0.1, -0.05) is 25.5 Å². The molecule has 0 aromatic rings. The molecule has 1 rings (SSSR count). The van der Waals surface area contributed by atoms with Crippen LogP contribution in [0, 0.1) is 17.3 Å². The zero-order chi connectivity index (χ0) is 13.1. The van der Waals surface area contributed by atoms with Gasteiger partial charge in [0.15, 0.2) is 0 Å². The van der Waals surface area contributed by atoms with Gasteiger partial charge >= 0.3 is 0 Å². The molecule has 0 saturated heterocycles. The SMILES string of the molecule is CC(=O)CC/C(C)=C/CC[C@@H]1[C@@H](C=O)C1(C)C. The summed E-state index contributed by atoms with van der Waals surface area (Å²) in [6, 6.07) is 0. The summed E-state index contributed by atoms with van der Waals surface area (Å²) in [6.07, 6.45) is 6.97. The average molecular weight is 236 g/mol. The van der Waals surface area contributed by atoms with Crippen molar-refractivity contribution in [1.29, 1.82) is 0 Å². The van der Waals surface area contributed by atoms with E-state index in [0.717, 1.165) is 25.5 Å². The number of hydrogen-bond donors (Lipinski definition) is 0. The number of carbonyl (C=O) groups excluding carboxylic acids is 2. The summed E-state index contributed by atoms with van der Waals surface area (Å²) in [4.78, 5) is 21.7. The number of Topliss-reactive ketones (excluding diaryl/α,β-unsaturated/α-hetero) is 1. The van der Waals surface area contributed by atoms with Crippen LogP contribution in [0.4, 0.5) is 0 Å². The number of rotatable bonds is 7.